The highest BCUT2D eigenvalue weighted by Gasteiger charge is 2.21. The summed E-state index contributed by atoms with van der Waals surface area (Å²) in [6.45, 7) is 4.20. The molecule has 0 radical (unpaired) electrons. The average Bonchev–Trinajstić information content (AvgIpc) is 2.41. The molecular weight excluding hydrogens is 216 g/mol. The Kier molecular flexibility index (Phi) is 4.88. The van der Waals surface area contributed by atoms with Crippen LogP contribution in [-0.4, -0.2) is 0 Å². The third-order valence-corrected chi connectivity index (χ3v) is 4.20. The molecule has 0 heterocycles. The van der Waals surface area contributed by atoms with Gasteiger partial charge in [-0.1, -0.05) is 37.8 Å². The first-order chi connectivity index (χ1) is 8.83. The maximum absolute atomic E-state index is 3.11. The van der Waals surface area contributed by atoms with E-state index in [1.807, 2.05) is 6.92 Å². The highest BCUT2D eigenvalue weighted by molar-refractivity contribution is 5.36. The van der Waals surface area contributed by atoms with Gasteiger partial charge in [0.1, 0.15) is 0 Å². The van der Waals surface area contributed by atoms with Gasteiger partial charge in [0, 0.05) is 5.56 Å². The average molecular weight is 240 g/mol. The molecule has 0 unspecified atom stereocenters. The second kappa shape index (κ2) is 6.64. The Morgan fingerprint density at radius 3 is 2.28 bits per heavy atom. The molecule has 18 heavy (non-hydrogen) atoms. The fourth-order valence-corrected chi connectivity index (χ4v) is 3.18. The van der Waals surface area contributed by atoms with Crippen LogP contribution >= 0.6 is 0 Å². The van der Waals surface area contributed by atoms with Crippen molar-refractivity contribution in [2.24, 2.45) is 5.92 Å². The Balaban J connectivity index is 1.94. The number of hydrogen-bond donors (Lipinski definition) is 0. The SMILES string of the molecule is CC#Cc1ccc(C2CCC(CCC)CC2)cc1. The van der Waals surface area contributed by atoms with Crippen LogP contribution in [0.1, 0.15) is 69.4 Å². The molecule has 1 aromatic carbocycles. The van der Waals surface area contributed by atoms with Gasteiger partial charge in [0.15, 0.2) is 0 Å². The topological polar surface area (TPSA) is 0 Å². The summed E-state index contributed by atoms with van der Waals surface area (Å²) in [5.41, 5.74) is 2.66. The molecule has 0 saturated heterocycles. The molecule has 1 aromatic rings. The highest BCUT2D eigenvalue weighted by Crippen LogP contribution is 2.37. The fraction of sp³-hybridized carbons (Fsp3) is 0.556. The standard InChI is InChI=1S/C18H24/c1-3-5-15-7-11-17(12-8-15)18-13-9-16(6-4-2)10-14-18/h9-10,13-15,17H,3,5,7-8,11-12H2,1-2H3. The van der Waals surface area contributed by atoms with E-state index in [4.69, 9.17) is 0 Å². The molecule has 0 atom stereocenters. The summed E-state index contributed by atoms with van der Waals surface area (Å²) in [4.78, 5) is 0. The van der Waals surface area contributed by atoms with Crippen LogP contribution < -0.4 is 0 Å². The van der Waals surface area contributed by atoms with Crippen LogP contribution in [0.15, 0.2) is 24.3 Å². The third-order valence-electron chi connectivity index (χ3n) is 4.20. The van der Waals surface area contributed by atoms with Gasteiger partial charge in [0.25, 0.3) is 0 Å². The van der Waals surface area contributed by atoms with Crippen molar-refractivity contribution in [3.05, 3.63) is 35.4 Å². The van der Waals surface area contributed by atoms with Crippen LogP contribution in [0.3, 0.4) is 0 Å². The summed E-state index contributed by atoms with van der Waals surface area (Å²) in [6, 6.07) is 8.91. The monoisotopic (exact) mass is 240 g/mol. The Labute approximate surface area is 112 Å². The Morgan fingerprint density at radius 1 is 1.06 bits per heavy atom. The zero-order chi connectivity index (χ0) is 12.8. The van der Waals surface area contributed by atoms with E-state index in [0.717, 1.165) is 17.4 Å². The first-order valence-corrected chi connectivity index (χ1v) is 7.36. The molecule has 0 aliphatic heterocycles. The van der Waals surface area contributed by atoms with Gasteiger partial charge in [-0.3, -0.25) is 0 Å². The maximum atomic E-state index is 3.11. The quantitative estimate of drug-likeness (QED) is 0.642. The normalized spacial score (nSPS) is 23.2. The van der Waals surface area contributed by atoms with E-state index < -0.39 is 0 Å². The lowest BCUT2D eigenvalue weighted by molar-refractivity contribution is 0.308. The summed E-state index contributed by atoms with van der Waals surface area (Å²) in [6.07, 6.45) is 8.38. The van der Waals surface area contributed by atoms with E-state index in [1.165, 1.54) is 44.1 Å². The minimum absolute atomic E-state index is 0.793. The van der Waals surface area contributed by atoms with Crippen LogP contribution in [-0.2, 0) is 0 Å². The molecule has 0 bridgehead atoms. The van der Waals surface area contributed by atoms with E-state index in [1.54, 1.807) is 0 Å². The summed E-state index contributed by atoms with van der Waals surface area (Å²) < 4.78 is 0. The predicted molar refractivity (Wildman–Crippen MR) is 78.6 cm³/mol. The first-order valence-electron chi connectivity index (χ1n) is 7.36. The lowest BCUT2D eigenvalue weighted by Gasteiger charge is -2.28. The minimum atomic E-state index is 0.793. The molecule has 2 rings (SSSR count). The van der Waals surface area contributed by atoms with Crippen molar-refractivity contribution in [3.63, 3.8) is 0 Å². The van der Waals surface area contributed by atoms with Crippen LogP contribution in [0.4, 0.5) is 0 Å². The fourth-order valence-electron chi connectivity index (χ4n) is 3.18. The lowest BCUT2D eigenvalue weighted by Crippen LogP contribution is -2.13. The van der Waals surface area contributed by atoms with Crippen molar-refractivity contribution < 1.29 is 0 Å². The molecule has 0 spiro atoms. The molecule has 1 saturated carbocycles. The predicted octanol–water partition coefficient (Wildman–Crippen LogP) is 5.13. The first kappa shape index (κ1) is 13.2. The van der Waals surface area contributed by atoms with Crippen LogP contribution in [0.5, 0.6) is 0 Å². The maximum Gasteiger partial charge on any atom is 0.0245 e. The second-order valence-electron chi connectivity index (χ2n) is 5.50. The van der Waals surface area contributed by atoms with Gasteiger partial charge in [-0.2, -0.15) is 0 Å². The van der Waals surface area contributed by atoms with Crippen molar-refractivity contribution in [2.75, 3.05) is 0 Å². The number of benzene rings is 1. The number of hydrogen-bond acceptors (Lipinski definition) is 0. The lowest BCUT2D eigenvalue weighted by atomic mass is 9.77. The van der Waals surface area contributed by atoms with Gasteiger partial charge < -0.3 is 0 Å². The minimum Gasteiger partial charge on any atom is -0.101 e. The van der Waals surface area contributed by atoms with Gasteiger partial charge in [-0.15, -0.1) is 5.92 Å². The molecule has 1 aliphatic rings. The zero-order valence-corrected chi connectivity index (χ0v) is 11.7. The molecule has 1 fully saturated rings. The highest BCUT2D eigenvalue weighted by atomic mass is 14.3. The van der Waals surface area contributed by atoms with E-state index in [0.29, 0.717) is 0 Å². The second-order valence-corrected chi connectivity index (χ2v) is 5.50. The summed E-state index contributed by atoms with van der Waals surface area (Å²) in [5.74, 6) is 7.85. The van der Waals surface area contributed by atoms with Gasteiger partial charge >= 0.3 is 0 Å². The molecule has 0 amide bonds. The molecular formula is C18H24. The van der Waals surface area contributed by atoms with Gasteiger partial charge in [0.05, 0.1) is 0 Å². The molecule has 0 heteroatoms. The van der Waals surface area contributed by atoms with E-state index in [2.05, 4.69) is 43.0 Å². The van der Waals surface area contributed by atoms with Crippen molar-refractivity contribution in [1.29, 1.82) is 0 Å². The van der Waals surface area contributed by atoms with Crippen molar-refractivity contribution in [1.82, 2.24) is 0 Å². The van der Waals surface area contributed by atoms with Crippen molar-refractivity contribution >= 4 is 0 Å². The molecule has 0 N–H and O–H groups in total. The van der Waals surface area contributed by atoms with Gasteiger partial charge in [-0.05, 0) is 62.1 Å². The molecule has 0 nitrogen and oxygen atoms in total. The third kappa shape index (κ3) is 3.39. The van der Waals surface area contributed by atoms with Crippen molar-refractivity contribution in [2.45, 2.75) is 58.3 Å². The summed E-state index contributed by atoms with van der Waals surface area (Å²) >= 11 is 0. The van der Waals surface area contributed by atoms with Crippen LogP contribution in [0.2, 0.25) is 0 Å². The van der Waals surface area contributed by atoms with Gasteiger partial charge in [0.2, 0.25) is 0 Å². The zero-order valence-electron chi connectivity index (χ0n) is 11.7. The molecule has 96 valence electrons. The van der Waals surface area contributed by atoms with Gasteiger partial charge in [-0.25, -0.2) is 0 Å². The number of rotatable bonds is 3. The Hall–Kier alpha value is -1.22. The van der Waals surface area contributed by atoms with E-state index in [-0.39, 0.29) is 0 Å². The summed E-state index contributed by atoms with van der Waals surface area (Å²) in [5, 5.41) is 0. The van der Waals surface area contributed by atoms with E-state index in [9.17, 15) is 0 Å². The van der Waals surface area contributed by atoms with Crippen LogP contribution in [0, 0.1) is 17.8 Å². The molecule has 0 aromatic heterocycles. The Morgan fingerprint density at radius 2 is 1.72 bits per heavy atom. The van der Waals surface area contributed by atoms with Crippen molar-refractivity contribution in [3.8, 4) is 11.8 Å². The summed E-state index contributed by atoms with van der Waals surface area (Å²) in [7, 11) is 0. The molecule has 1 aliphatic carbocycles. The Bertz CT molecular complexity index is 408. The smallest absolute Gasteiger partial charge is 0.0245 e. The largest absolute Gasteiger partial charge is 0.101 e. The van der Waals surface area contributed by atoms with Crippen LogP contribution in [0.25, 0.3) is 0 Å². The van der Waals surface area contributed by atoms with E-state index >= 15 is 0 Å².